The summed E-state index contributed by atoms with van der Waals surface area (Å²) in [6.45, 7) is 6.23. The topological polar surface area (TPSA) is 90.5 Å². The number of benzene rings is 1. The number of carboxylic acids is 1. The SMILES string of the molecule is Cc1ccccc1[C@H]1CN(C(=O)c2ccc(C(C)C)[nH]c2=O)C[C@@H]1C(=O)O. The lowest BCUT2D eigenvalue weighted by atomic mass is 9.86. The Kier molecular flexibility index (Phi) is 5.17. The molecule has 2 heterocycles. The predicted octanol–water partition coefficient (Wildman–Crippen LogP) is 2.75. The van der Waals surface area contributed by atoms with E-state index in [1.54, 1.807) is 6.07 Å². The summed E-state index contributed by atoms with van der Waals surface area (Å²) in [7, 11) is 0. The van der Waals surface area contributed by atoms with E-state index in [-0.39, 0.29) is 30.5 Å². The van der Waals surface area contributed by atoms with Crippen molar-refractivity contribution >= 4 is 11.9 Å². The molecule has 3 rings (SSSR count). The molecule has 0 saturated carbocycles. The fourth-order valence-corrected chi connectivity index (χ4v) is 3.70. The lowest BCUT2D eigenvalue weighted by molar-refractivity contribution is -0.141. The van der Waals surface area contributed by atoms with Crippen LogP contribution in [0.5, 0.6) is 0 Å². The van der Waals surface area contributed by atoms with Crippen LogP contribution in [-0.2, 0) is 4.79 Å². The van der Waals surface area contributed by atoms with Crippen LogP contribution in [0.2, 0.25) is 0 Å². The third-order valence-electron chi connectivity index (χ3n) is 5.30. The number of aromatic amines is 1. The van der Waals surface area contributed by atoms with Crippen molar-refractivity contribution in [1.29, 1.82) is 0 Å². The lowest BCUT2D eigenvalue weighted by Crippen LogP contribution is -2.34. The van der Waals surface area contributed by atoms with Gasteiger partial charge in [0.2, 0.25) is 0 Å². The van der Waals surface area contributed by atoms with Crippen LogP contribution in [0, 0.1) is 12.8 Å². The van der Waals surface area contributed by atoms with Crippen molar-refractivity contribution < 1.29 is 14.7 Å². The normalized spacial score (nSPS) is 19.5. The Morgan fingerprint density at radius 3 is 2.44 bits per heavy atom. The van der Waals surface area contributed by atoms with E-state index in [9.17, 15) is 19.5 Å². The van der Waals surface area contributed by atoms with Crippen LogP contribution in [0.1, 0.15) is 52.9 Å². The number of likely N-dealkylation sites (tertiary alicyclic amines) is 1. The van der Waals surface area contributed by atoms with Gasteiger partial charge in [-0.2, -0.15) is 0 Å². The summed E-state index contributed by atoms with van der Waals surface area (Å²) in [6, 6.07) is 10.9. The van der Waals surface area contributed by atoms with E-state index in [0.29, 0.717) is 0 Å². The van der Waals surface area contributed by atoms with Crippen LogP contribution in [0.3, 0.4) is 0 Å². The zero-order chi connectivity index (χ0) is 19.7. The van der Waals surface area contributed by atoms with Gasteiger partial charge in [-0.3, -0.25) is 14.4 Å². The maximum atomic E-state index is 12.9. The van der Waals surface area contributed by atoms with E-state index in [1.165, 1.54) is 11.0 Å². The average molecular weight is 368 g/mol. The zero-order valence-corrected chi connectivity index (χ0v) is 15.7. The first-order chi connectivity index (χ1) is 12.8. The fourth-order valence-electron chi connectivity index (χ4n) is 3.70. The summed E-state index contributed by atoms with van der Waals surface area (Å²) in [4.78, 5) is 41.2. The molecule has 1 amide bonds. The standard InChI is InChI=1S/C21H24N2O4/c1-12(2)18-9-8-15(19(24)22-18)20(25)23-10-16(17(11-23)21(26)27)14-7-5-4-6-13(14)3/h4-9,12,16-17H,10-11H2,1-3H3,(H,22,24)(H,26,27)/t16-,17+/m1/s1. The number of carbonyl (C=O) groups is 2. The van der Waals surface area contributed by atoms with Crippen LogP contribution in [0.25, 0.3) is 0 Å². The molecule has 0 spiro atoms. The van der Waals surface area contributed by atoms with Crippen LogP contribution >= 0.6 is 0 Å². The van der Waals surface area contributed by atoms with Crippen molar-refractivity contribution in [2.24, 2.45) is 5.92 Å². The number of carbonyl (C=O) groups excluding carboxylic acids is 1. The first kappa shape index (κ1) is 18.9. The van der Waals surface area contributed by atoms with E-state index in [0.717, 1.165) is 16.8 Å². The number of H-pyrrole nitrogens is 1. The number of rotatable bonds is 4. The Morgan fingerprint density at radius 2 is 1.85 bits per heavy atom. The van der Waals surface area contributed by atoms with E-state index in [2.05, 4.69) is 4.98 Å². The van der Waals surface area contributed by atoms with Gasteiger partial charge in [0.15, 0.2) is 0 Å². The summed E-state index contributed by atoms with van der Waals surface area (Å²) in [6.07, 6.45) is 0. The molecule has 0 radical (unpaired) electrons. The van der Waals surface area contributed by atoms with Crippen LogP contribution in [-0.4, -0.2) is 40.0 Å². The first-order valence-electron chi connectivity index (χ1n) is 9.10. The second kappa shape index (κ2) is 7.39. The molecule has 0 aliphatic carbocycles. The van der Waals surface area contributed by atoms with E-state index >= 15 is 0 Å². The number of aromatic nitrogens is 1. The zero-order valence-electron chi connectivity index (χ0n) is 15.7. The van der Waals surface area contributed by atoms with Gasteiger partial charge in [-0.25, -0.2) is 0 Å². The highest BCUT2D eigenvalue weighted by Crippen LogP contribution is 2.35. The number of nitrogens with zero attached hydrogens (tertiary/aromatic N) is 1. The molecule has 6 nitrogen and oxygen atoms in total. The third-order valence-corrected chi connectivity index (χ3v) is 5.30. The van der Waals surface area contributed by atoms with Gasteiger partial charge in [-0.15, -0.1) is 0 Å². The van der Waals surface area contributed by atoms with Gasteiger partial charge in [0.1, 0.15) is 5.56 Å². The van der Waals surface area contributed by atoms with Crippen molar-refractivity contribution in [3.05, 3.63) is 69.1 Å². The molecule has 1 saturated heterocycles. The van der Waals surface area contributed by atoms with Crippen LogP contribution < -0.4 is 5.56 Å². The molecule has 142 valence electrons. The molecule has 2 atom stereocenters. The van der Waals surface area contributed by atoms with Crippen molar-refractivity contribution in [3.8, 4) is 0 Å². The molecule has 1 aliphatic rings. The van der Waals surface area contributed by atoms with Gasteiger partial charge in [0.05, 0.1) is 5.92 Å². The van der Waals surface area contributed by atoms with Gasteiger partial charge in [-0.05, 0) is 36.1 Å². The molecular weight excluding hydrogens is 344 g/mol. The number of aliphatic carboxylic acids is 1. The Balaban J connectivity index is 1.90. The molecule has 2 aromatic rings. The van der Waals surface area contributed by atoms with Crippen molar-refractivity contribution in [1.82, 2.24) is 9.88 Å². The van der Waals surface area contributed by atoms with Gasteiger partial charge >= 0.3 is 5.97 Å². The minimum Gasteiger partial charge on any atom is -0.481 e. The second-order valence-electron chi connectivity index (χ2n) is 7.43. The van der Waals surface area contributed by atoms with Crippen LogP contribution in [0.4, 0.5) is 0 Å². The highest BCUT2D eigenvalue weighted by atomic mass is 16.4. The monoisotopic (exact) mass is 368 g/mol. The predicted molar refractivity (Wildman–Crippen MR) is 102 cm³/mol. The number of hydrogen-bond donors (Lipinski definition) is 2. The maximum absolute atomic E-state index is 12.9. The minimum atomic E-state index is -0.928. The molecule has 6 heteroatoms. The Hall–Kier alpha value is -2.89. The van der Waals surface area contributed by atoms with Gasteiger partial charge < -0.3 is 15.0 Å². The minimum absolute atomic E-state index is 0.0500. The molecule has 0 unspecified atom stereocenters. The van der Waals surface area contributed by atoms with Gasteiger partial charge in [0, 0.05) is 24.7 Å². The molecule has 1 aliphatic heterocycles. The smallest absolute Gasteiger partial charge is 0.308 e. The van der Waals surface area contributed by atoms with Gasteiger partial charge in [0.25, 0.3) is 11.5 Å². The Bertz CT molecular complexity index is 932. The number of pyridine rings is 1. The highest BCUT2D eigenvalue weighted by molar-refractivity contribution is 5.94. The molecule has 1 fully saturated rings. The molecule has 1 aromatic carbocycles. The molecule has 0 bridgehead atoms. The largest absolute Gasteiger partial charge is 0.481 e. The molecular formula is C21H24N2O4. The number of nitrogens with one attached hydrogen (secondary N) is 1. The Labute approximate surface area is 157 Å². The van der Waals surface area contributed by atoms with E-state index in [4.69, 9.17) is 0 Å². The Morgan fingerprint density at radius 1 is 1.15 bits per heavy atom. The van der Waals surface area contributed by atoms with Crippen molar-refractivity contribution in [3.63, 3.8) is 0 Å². The van der Waals surface area contributed by atoms with Gasteiger partial charge in [-0.1, -0.05) is 38.1 Å². The number of carboxylic acid groups (broad SMARTS) is 1. The summed E-state index contributed by atoms with van der Waals surface area (Å²) < 4.78 is 0. The second-order valence-corrected chi connectivity index (χ2v) is 7.43. The van der Waals surface area contributed by atoms with Crippen molar-refractivity contribution in [2.75, 3.05) is 13.1 Å². The maximum Gasteiger partial charge on any atom is 0.308 e. The van der Waals surface area contributed by atoms with E-state index in [1.807, 2.05) is 45.0 Å². The number of amides is 1. The summed E-state index contributed by atoms with van der Waals surface area (Å²) in [5, 5.41) is 9.65. The summed E-state index contributed by atoms with van der Waals surface area (Å²) in [5.74, 6) is -2.18. The molecule has 27 heavy (non-hydrogen) atoms. The number of aryl methyl sites for hydroxylation is 1. The highest BCUT2D eigenvalue weighted by Gasteiger charge is 2.41. The van der Waals surface area contributed by atoms with Crippen molar-refractivity contribution in [2.45, 2.75) is 32.6 Å². The fraction of sp³-hybridized carbons (Fsp3) is 0.381. The number of hydrogen-bond acceptors (Lipinski definition) is 3. The summed E-state index contributed by atoms with van der Waals surface area (Å²) in [5.41, 5.74) is 2.32. The quantitative estimate of drug-likeness (QED) is 0.868. The van der Waals surface area contributed by atoms with Crippen LogP contribution in [0.15, 0.2) is 41.2 Å². The lowest BCUT2D eigenvalue weighted by Gasteiger charge is -2.18. The third kappa shape index (κ3) is 3.65. The molecule has 1 aromatic heterocycles. The first-order valence-corrected chi connectivity index (χ1v) is 9.10. The summed E-state index contributed by atoms with van der Waals surface area (Å²) >= 11 is 0. The van der Waals surface area contributed by atoms with E-state index < -0.39 is 23.4 Å². The molecule has 2 N–H and O–H groups in total. The average Bonchev–Trinajstić information content (AvgIpc) is 3.07.